The van der Waals surface area contributed by atoms with Crippen molar-refractivity contribution in [2.24, 2.45) is 0 Å². The van der Waals surface area contributed by atoms with E-state index in [1.165, 1.54) is 14.2 Å². The van der Waals surface area contributed by atoms with Crippen LogP contribution in [0.2, 0.25) is 0 Å². The Kier molecular flexibility index (Phi) is 6.46. The van der Waals surface area contributed by atoms with Gasteiger partial charge in [-0.25, -0.2) is 0 Å². The number of thiol groups is 1. The minimum Gasteiger partial charge on any atom is -0.496 e. The van der Waals surface area contributed by atoms with Crippen molar-refractivity contribution in [3.05, 3.63) is 71.8 Å². The molecule has 0 fully saturated rings. The van der Waals surface area contributed by atoms with Crippen LogP contribution in [-0.2, 0) is 0 Å². The monoisotopic (exact) mass is 410 g/mol. The highest BCUT2D eigenvalue weighted by molar-refractivity contribution is 7.80. The quantitative estimate of drug-likeness (QED) is 0.441. The number of ketones is 1. The van der Waals surface area contributed by atoms with Gasteiger partial charge in [-0.1, -0.05) is 24.3 Å². The largest absolute Gasteiger partial charge is 0.496 e. The number of carbonyl (C=O) groups is 1. The first-order chi connectivity index (χ1) is 14.0. The summed E-state index contributed by atoms with van der Waals surface area (Å²) in [6.45, 7) is 0. The molecule has 3 aromatic carbocycles. The summed E-state index contributed by atoms with van der Waals surface area (Å²) in [4.78, 5) is 13.7. The number of aliphatic hydroxyl groups excluding tert-OH is 1. The number of Topliss-reactive ketones (excluding diaryl/α,β-unsaturated/α-hetero) is 1. The Balaban J connectivity index is 1.92. The van der Waals surface area contributed by atoms with Crippen LogP contribution in [0.4, 0.5) is 0 Å². The highest BCUT2D eigenvalue weighted by Gasteiger charge is 2.22. The van der Waals surface area contributed by atoms with E-state index in [0.29, 0.717) is 28.4 Å². The molecule has 0 aliphatic rings. The molecule has 0 aromatic heterocycles. The molecule has 0 saturated heterocycles. The van der Waals surface area contributed by atoms with E-state index in [2.05, 4.69) is 12.6 Å². The lowest BCUT2D eigenvalue weighted by atomic mass is 9.96. The summed E-state index contributed by atoms with van der Waals surface area (Å²) in [6, 6.07) is 17.6. The van der Waals surface area contributed by atoms with E-state index in [-0.39, 0.29) is 0 Å². The molecule has 3 rings (SSSR count). The third kappa shape index (κ3) is 4.39. The molecule has 0 radical (unpaired) electrons. The standard InChI is InChI=1S/C23H22O5S/c1-26-19-11-7-16(13-21(19)28-3)23(25)22(24)15-6-10-18(20(12-15)27-2)14-4-8-17(29)9-5-14/h4-13,22,24,29H,1-3H3. The number of hydrogen-bond donors (Lipinski definition) is 2. The Morgan fingerprint density at radius 3 is 2.10 bits per heavy atom. The van der Waals surface area contributed by atoms with Crippen molar-refractivity contribution >= 4 is 18.4 Å². The molecule has 0 bridgehead atoms. The molecule has 0 amide bonds. The molecule has 3 aromatic rings. The number of methoxy groups -OCH3 is 3. The van der Waals surface area contributed by atoms with Crippen LogP contribution in [0.1, 0.15) is 22.0 Å². The number of benzene rings is 3. The molecule has 0 aliphatic heterocycles. The molecule has 0 saturated carbocycles. The Labute approximate surface area is 175 Å². The van der Waals surface area contributed by atoms with E-state index < -0.39 is 11.9 Å². The third-order valence-corrected chi connectivity index (χ3v) is 4.93. The van der Waals surface area contributed by atoms with Gasteiger partial charge < -0.3 is 19.3 Å². The number of aliphatic hydroxyl groups is 1. The van der Waals surface area contributed by atoms with Crippen LogP contribution in [0, 0.1) is 0 Å². The fraction of sp³-hybridized carbons (Fsp3) is 0.174. The number of ether oxygens (including phenoxy) is 3. The second-order valence-corrected chi connectivity index (χ2v) is 6.86. The van der Waals surface area contributed by atoms with Gasteiger partial charge in [0.25, 0.3) is 0 Å². The van der Waals surface area contributed by atoms with E-state index in [1.54, 1.807) is 37.4 Å². The molecule has 1 unspecified atom stereocenters. The van der Waals surface area contributed by atoms with E-state index in [1.807, 2.05) is 30.3 Å². The highest BCUT2D eigenvalue weighted by Crippen LogP contribution is 2.34. The van der Waals surface area contributed by atoms with Crippen molar-refractivity contribution < 1.29 is 24.1 Å². The SMILES string of the molecule is COc1ccc(C(=O)C(O)c2ccc(-c3ccc(S)cc3)c(OC)c2)cc1OC. The zero-order chi connectivity index (χ0) is 21.0. The van der Waals surface area contributed by atoms with Gasteiger partial charge in [-0.05, 0) is 47.5 Å². The van der Waals surface area contributed by atoms with Crippen LogP contribution in [0.25, 0.3) is 11.1 Å². The second kappa shape index (κ2) is 9.03. The first-order valence-corrected chi connectivity index (χ1v) is 9.35. The van der Waals surface area contributed by atoms with Crippen molar-refractivity contribution in [2.45, 2.75) is 11.0 Å². The zero-order valence-electron chi connectivity index (χ0n) is 16.4. The Morgan fingerprint density at radius 1 is 0.828 bits per heavy atom. The summed E-state index contributed by atoms with van der Waals surface area (Å²) in [5, 5.41) is 10.7. The van der Waals surface area contributed by atoms with Crippen LogP contribution >= 0.6 is 12.6 Å². The molecule has 1 atom stereocenters. The Morgan fingerprint density at radius 2 is 1.48 bits per heavy atom. The van der Waals surface area contributed by atoms with Crippen LogP contribution in [0.15, 0.2) is 65.6 Å². The topological polar surface area (TPSA) is 65.0 Å². The Hall–Kier alpha value is -2.96. The maximum absolute atomic E-state index is 12.8. The average molecular weight is 410 g/mol. The van der Waals surface area contributed by atoms with Crippen LogP contribution in [0.5, 0.6) is 17.2 Å². The molecule has 0 aliphatic carbocycles. The molecule has 5 nitrogen and oxygen atoms in total. The van der Waals surface area contributed by atoms with E-state index in [0.717, 1.165) is 16.0 Å². The van der Waals surface area contributed by atoms with Crippen molar-refractivity contribution in [1.29, 1.82) is 0 Å². The van der Waals surface area contributed by atoms with Crippen LogP contribution in [-0.4, -0.2) is 32.2 Å². The normalized spacial score (nSPS) is 11.6. The second-order valence-electron chi connectivity index (χ2n) is 6.34. The number of hydrogen-bond acceptors (Lipinski definition) is 6. The predicted molar refractivity (Wildman–Crippen MR) is 115 cm³/mol. The first-order valence-electron chi connectivity index (χ1n) is 8.90. The summed E-state index contributed by atoms with van der Waals surface area (Å²) in [5.74, 6) is 1.05. The lowest BCUT2D eigenvalue weighted by Gasteiger charge is -2.15. The van der Waals surface area contributed by atoms with Gasteiger partial charge in [-0.15, -0.1) is 12.6 Å². The summed E-state index contributed by atoms with van der Waals surface area (Å²) in [5.41, 5.74) is 2.57. The maximum atomic E-state index is 12.8. The highest BCUT2D eigenvalue weighted by atomic mass is 32.1. The van der Waals surface area contributed by atoms with E-state index >= 15 is 0 Å². The summed E-state index contributed by atoms with van der Waals surface area (Å²) >= 11 is 4.30. The fourth-order valence-electron chi connectivity index (χ4n) is 3.06. The van der Waals surface area contributed by atoms with Gasteiger partial charge in [0.15, 0.2) is 17.3 Å². The van der Waals surface area contributed by atoms with E-state index in [9.17, 15) is 9.90 Å². The minimum atomic E-state index is -1.34. The smallest absolute Gasteiger partial charge is 0.195 e. The molecule has 1 N–H and O–H groups in total. The lowest BCUT2D eigenvalue weighted by Crippen LogP contribution is -2.13. The van der Waals surface area contributed by atoms with Gasteiger partial charge in [0.05, 0.1) is 21.3 Å². The van der Waals surface area contributed by atoms with Crippen LogP contribution in [0.3, 0.4) is 0 Å². The first kappa shape index (κ1) is 20.8. The molecule has 6 heteroatoms. The minimum absolute atomic E-state index is 0.322. The molecular weight excluding hydrogens is 388 g/mol. The van der Waals surface area contributed by atoms with Gasteiger partial charge in [0, 0.05) is 16.0 Å². The van der Waals surface area contributed by atoms with Gasteiger partial charge in [-0.2, -0.15) is 0 Å². The lowest BCUT2D eigenvalue weighted by molar-refractivity contribution is 0.0747. The Bertz CT molecular complexity index is 1010. The molecule has 0 spiro atoms. The average Bonchev–Trinajstić information content (AvgIpc) is 2.77. The predicted octanol–water partition coefficient (Wildman–Crippen LogP) is 4.58. The number of carbonyl (C=O) groups excluding carboxylic acids is 1. The van der Waals surface area contributed by atoms with Crippen LogP contribution < -0.4 is 14.2 Å². The fourth-order valence-corrected chi connectivity index (χ4v) is 3.21. The third-order valence-electron chi connectivity index (χ3n) is 4.64. The van der Waals surface area contributed by atoms with Gasteiger partial charge >= 0.3 is 0 Å². The molecule has 0 heterocycles. The van der Waals surface area contributed by atoms with Gasteiger partial charge in [-0.3, -0.25) is 4.79 Å². The number of rotatable bonds is 7. The van der Waals surface area contributed by atoms with Crippen molar-refractivity contribution in [2.75, 3.05) is 21.3 Å². The van der Waals surface area contributed by atoms with Gasteiger partial charge in [0.1, 0.15) is 11.9 Å². The molecular formula is C23H22O5S. The van der Waals surface area contributed by atoms with Crippen molar-refractivity contribution in [3.63, 3.8) is 0 Å². The van der Waals surface area contributed by atoms with Crippen molar-refractivity contribution in [3.8, 4) is 28.4 Å². The molecule has 150 valence electrons. The maximum Gasteiger partial charge on any atom is 0.195 e. The van der Waals surface area contributed by atoms with Gasteiger partial charge in [0.2, 0.25) is 0 Å². The summed E-state index contributed by atoms with van der Waals surface area (Å²) < 4.78 is 15.9. The van der Waals surface area contributed by atoms with E-state index in [4.69, 9.17) is 14.2 Å². The summed E-state index contributed by atoms with van der Waals surface area (Å²) in [6.07, 6.45) is -1.34. The zero-order valence-corrected chi connectivity index (χ0v) is 17.3. The summed E-state index contributed by atoms with van der Waals surface area (Å²) in [7, 11) is 4.57. The van der Waals surface area contributed by atoms with Crippen molar-refractivity contribution in [1.82, 2.24) is 0 Å². The molecule has 29 heavy (non-hydrogen) atoms.